The molecule has 2 rings (SSSR count). The summed E-state index contributed by atoms with van der Waals surface area (Å²) in [4.78, 5) is 16.5. The number of carbonyl (C=O) groups is 1. The van der Waals surface area contributed by atoms with Crippen molar-refractivity contribution < 1.29 is 4.79 Å². The smallest absolute Gasteiger partial charge is 0.239 e. The van der Waals surface area contributed by atoms with Crippen LogP contribution >= 0.6 is 0 Å². The molecular weight excluding hydrogens is 262 g/mol. The van der Waals surface area contributed by atoms with Crippen molar-refractivity contribution in [1.82, 2.24) is 9.80 Å². The quantitative estimate of drug-likeness (QED) is 0.863. The zero-order valence-corrected chi connectivity index (χ0v) is 13.2. The van der Waals surface area contributed by atoms with Gasteiger partial charge < -0.3 is 15.5 Å². The molecule has 116 valence electrons. The lowest BCUT2D eigenvalue weighted by Gasteiger charge is -2.27. The lowest BCUT2D eigenvalue weighted by Crippen LogP contribution is -2.46. The van der Waals surface area contributed by atoms with E-state index in [1.54, 1.807) is 0 Å². The first-order chi connectivity index (χ1) is 10.1. The second-order valence-electron chi connectivity index (χ2n) is 6.13. The van der Waals surface area contributed by atoms with Crippen LogP contribution in [0.2, 0.25) is 0 Å². The molecule has 2 atom stereocenters. The fraction of sp³-hybridized carbons (Fsp3) is 0.588. The minimum absolute atomic E-state index is 0.0613. The van der Waals surface area contributed by atoms with Gasteiger partial charge in [0.15, 0.2) is 0 Å². The van der Waals surface area contributed by atoms with E-state index < -0.39 is 6.04 Å². The summed E-state index contributed by atoms with van der Waals surface area (Å²) in [5, 5.41) is 0. The highest BCUT2D eigenvalue weighted by molar-refractivity contribution is 5.81. The van der Waals surface area contributed by atoms with E-state index in [0.29, 0.717) is 12.5 Å². The molecule has 1 aliphatic rings. The molecule has 4 heteroatoms. The highest BCUT2D eigenvalue weighted by atomic mass is 16.2. The molecule has 0 saturated carbocycles. The van der Waals surface area contributed by atoms with E-state index in [-0.39, 0.29) is 5.91 Å². The number of likely N-dealkylation sites (N-methyl/N-ethyl adjacent to an activating group) is 2. The highest BCUT2D eigenvalue weighted by Gasteiger charge is 2.25. The van der Waals surface area contributed by atoms with Crippen LogP contribution in [0, 0.1) is 0 Å². The lowest BCUT2D eigenvalue weighted by atomic mass is 10.0. The third kappa shape index (κ3) is 4.55. The van der Waals surface area contributed by atoms with Crippen molar-refractivity contribution in [1.29, 1.82) is 0 Å². The molecule has 1 aliphatic heterocycles. The Morgan fingerprint density at radius 2 is 2.14 bits per heavy atom. The molecule has 2 unspecified atom stereocenters. The minimum Gasteiger partial charge on any atom is -0.343 e. The van der Waals surface area contributed by atoms with Crippen LogP contribution in [0.15, 0.2) is 30.3 Å². The minimum atomic E-state index is -0.401. The average Bonchev–Trinajstić information content (AvgIpc) is 2.90. The summed E-state index contributed by atoms with van der Waals surface area (Å²) in [5.41, 5.74) is 7.31. The zero-order chi connectivity index (χ0) is 15.2. The van der Waals surface area contributed by atoms with Crippen LogP contribution in [-0.4, -0.2) is 55.0 Å². The maximum atomic E-state index is 12.3. The maximum absolute atomic E-state index is 12.3. The molecule has 0 spiro atoms. The maximum Gasteiger partial charge on any atom is 0.239 e. The standard InChI is InChI=1S/C17H27N3O/c1-19-12-6-9-15(19)13-20(2)17(21)16(18)11-10-14-7-4-3-5-8-14/h3-5,7-8,15-16H,6,9-13,18H2,1-2H3. The van der Waals surface area contributed by atoms with E-state index >= 15 is 0 Å². The summed E-state index contributed by atoms with van der Waals surface area (Å²) >= 11 is 0. The third-order valence-electron chi connectivity index (χ3n) is 4.44. The molecule has 0 bridgehead atoms. The van der Waals surface area contributed by atoms with E-state index in [0.717, 1.165) is 19.5 Å². The number of likely N-dealkylation sites (tertiary alicyclic amines) is 1. The highest BCUT2D eigenvalue weighted by Crippen LogP contribution is 2.16. The monoisotopic (exact) mass is 289 g/mol. The van der Waals surface area contributed by atoms with Crippen molar-refractivity contribution in [2.75, 3.05) is 27.2 Å². The molecule has 21 heavy (non-hydrogen) atoms. The Hall–Kier alpha value is -1.39. The number of hydrogen-bond donors (Lipinski definition) is 1. The fourth-order valence-corrected chi connectivity index (χ4v) is 2.99. The molecule has 2 N–H and O–H groups in total. The first-order valence-electron chi connectivity index (χ1n) is 7.82. The van der Waals surface area contributed by atoms with Gasteiger partial charge in [-0.05, 0) is 44.8 Å². The molecule has 0 radical (unpaired) electrons. The van der Waals surface area contributed by atoms with Crippen LogP contribution in [0.25, 0.3) is 0 Å². The van der Waals surface area contributed by atoms with Crippen LogP contribution in [0.5, 0.6) is 0 Å². The second-order valence-corrected chi connectivity index (χ2v) is 6.13. The van der Waals surface area contributed by atoms with E-state index in [1.807, 2.05) is 30.1 Å². The van der Waals surface area contributed by atoms with Gasteiger partial charge in [-0.3, -0.25) is 4.79 Å². The van der Waals surface area contributed by atoms with Gasteiger partial charge in [0, 0.05) is 19.6 Å². The number of rotatable bonds is 6. The van der Waals surface area contributed by atoms with Crippen molar-refractivity contribution in [2.45, 2.75) is 37.8 Å². The van der Waals surface area contributed by atoms with Crippen LogP contribution in [0.4, 0.5) is 0 Å². The zero-order valence-electron chi connectivity index (χ0n) is 13.2. The lowest BCUT2D eigenvalue weighted by molar-refractivity contribution is -0.132. The van der Waals surface area contributed by atoms with Gasteiger partial charge in [0.2, 0.25) is 5.91 Å². The Bertz CT molecular complexity index is 449. The Morgan fingerprint density at radius 1 is 1.43 bits per heavy atom. The first kappa shape index (κ1) is 16.0. The van der Waals surface area contributed by atoms with Gasteiger partial charge in [-0.25, -0.2) is 0 Å². The summed E-state index contributed by atoms with van der Waals surface area (Å²) in [6.45, 7) is 1.92. The topological polar surface area (TPSA) is 49.6 Å². The first-order valence-corrected chi connectivity index (χ1v) is 7.82. The van der Waals surface area contributed by atoms with Crippen LogP contribution < -0.4 is 5.73 Å². The van der Waals surface area contributed by atoms with Crippen LogP contribution in [0.3, 0.4) is 0 Å². The van der Waals surface area contributed by atoms with Crippen molar-refractivity contribution in [3.63, 3.8) is 0 Å². The van der Waals surface area contributed by atoms with Crippen LogP contribution in [-0.2, 0) is 11.2 Å². The fourth-order valence-electron chi connectivity index (χ4n) is 2.99. The predicted molar refractivity (Wildman–Crippen MR) is 86.0 cm³/mol. The number of benzene rings is 1. The summed E-state index contributed by atoms with van der Waals surface area (Å²) in [6.07, 6.45) is 3.95. The molecule has 4 nitrogen and oxygen atoms in total. The van der Waals surface area contributed by atoms with E-state index in [1.165, 1.54) is 18.4 Å². The molecule has 1 aromatic carbocycles. The summed E-state index contributed by atoms with van der Waals surface area (Å²) in [7, 11) is 4.00. The Kier molecular flexibility index (Phi) is 5.76. The number of amides is 1. The van der Waals surface area contributed by atoms with Gasteiger partial charge in [0.25, 0.3) is 0 Å². The van der Waals surface area contributed by atoms with E-state index in [9.17, 15) is 4.79 Å². The average molecular weight is 289 g/mol. The third-order valence-corrected chi connectivity index (χ3v) is 4.44. The SMILES string of the molecule is CN(CC1CCCN1C)C(=O)C(N)CCc1ccccc1. The van der Waals surface area contributed by atoms with Gasteiger partial charge in [-0.15, -0.1) is 0 Å². The van der Waals surface area contributed by atoms with Crippen molar-refractivity contribution in [2.24, 2.45) is 5.73 Å². The molecular formula is C17H27N3O. The van der Waals surface area contributed by atoms with E-state index in [2.05, 4.69) is 24.1 Å². The molecule has 1 saturated heterocycles. The Morgan fingerprint density at radius 3 is 2.76 bits per heavy atom. The van der Waals surface area contributed by atoms with Crippen molar-refractivity contribution >= 4 is 5.91 Å². The molecule has 1 amide bonds. The molecule has 1 aromatic rings. The number of aryl methyl sites for hydroxylation is 1. The molecule has 0 aliphatic carbocycles. The second kappa shape index (κ2) is 7.57. The predicted octanol–water partition coefficient (Wildman–Crippen LogP) is 1.50. The number of hydrogen-bond acceptors (Lipinski definition) is 3. The van der Waals surface area contributed by atoms with Gasteiger partial charge in [0.05, 0.1) is 6.04 Å². The summed E-state index contributed by atoms with van der Waals surface area (Å²) in [6, 6.07) is 10.3. The van der Waals surface area contributed by atoms with Crippen molar-refractivity contribution in [3.8, 4) is 0 Å². The summed E-state index contributed by atoms with van der Waals surface area (Å²) in [5.74, 6) is 0.0613. The molecule has 0 aromatic heterocycles. The number of nitrogens with zero attached hydrogens (tertiary/aromatic N) is 2. The molecule has 1 fully saturated rings. The Labute approximate surface area is 127 Å². The summed E-state index contributed by atoms with van der Waals surface area (Å²) < 4.78 is 0. The van der Waals surface area contributed by atoms with Crippen LogP contribution in [0.1, 0.15) is 24.8 Å². The van der Waals surface area contributed by atoms with Gasteiger partial charge in [-0.2, -0.15) is 0 Å². The van der Waals surface area contributed by atoms with Crippen molar-refractivity contribution in [3.05, 3.63) is 35.9 Å². The van der Waals surface area contributed by atoms with Gasteiger partial charge in [0.1, 0.15) is 0 Å². The van der Waals surface area contributed by atoms with E-state index in [4.69, 9.17) is 5.73 Å². The van der Waals surface area contributed by atoms with Gasteiger partial charge in [-0.1, -0.05) is 30.3 Å². The van der Waals surface area contributed by atoms with Gasteiger partial charge >= 0.3 is 0 Å². The largest absolute Gasteiger partial charge is 0.343 e. The Balaban J connectivity index is 1.78. The number of nitrogens with two attached hydrogens (primary N) is 1. The molecule has 1 heterocycles. The normalized spacial score (nSPS) is 20.4. The number of carbonyl (C=O) groups excluding carboxylic acids is 1.